The van der Waals surface area contributed by atoms with Gasteiger partial charge in [0, 0.05) is 17.4 Å². The number of alkyl halides is 1. The van der Waals surface area contributed by atoms with E-state index in [-0.39, 0.29) is 12.7 Å². The van der Waals surface area contributed by atoms with Crippen molar-refractivity contribution in [2.24, 2.45) is 0 Å². The van der Waals surface area contributed by atoms with E-state index in [1.807, 2.05) is 18.2 Å². The Morgan fingerprint density at radius 2 is 1.90 bits per heavy atom. The van der Waals surface area contributed by atoms with Crippen LogP contribution in [0.4, 0.5) is 0 Å². The monoisotopic (exact) mass is 347 g/mol. The molecule has 1 aliphatic rings. The Morgan fingerprint density at radius 3 is 2.76 bits per heavy atom. The summed E-state index contributed by atoms with van der Waals surface area (Å²) in [5.41, 5.74) is 2.82. The molecule has 0 spiro atoms. The summed E-state index contributed by atoms with van der Waals surface area (Å²) in [6, 6.07) is 13.3. The molecule has 1 heterocycles. The average Bonchev–Trinajstić information content (AvgIpc) is 3.00. The quantitative estimate of drug-likeness (QED) is 0.863. The van der Waals surface area contributed by atoms with E-state index in [1.54, 1.807) is 18.2 Å². The molecule has 108 valence electrons. The maximum Gasteiger partial charge on any atom is 0.251 e. The lowest BCUT2D eigenvalue weighted by Gasteiger charge is -2.07. The molecule has 2 aromatic carbocycles. The van der Waals surface area contributed by atoms with Crippen molar-refractivity contribution < 1.29 is 14.3 Å². The second-order valence-electron chi connectivity index (χ2n) is 4.70. The van der Waals surface area contributed by atoms with Crippen LogP contribution < -0.4 is 14.8 Å². The summed E-state index contributed by atoms with van der Waals surface area (Å²) in [4.78, 5) is 12.2. The standard InChI is InChI=1S/C16H14BrNO3/c17-8-11-2-1-3-12(6-11)9-18-16(19)13-4-5-14-15(7-13)21-10-20-14/h1-7H,8-10H2,(H,18,19). The fraction of sp³-hybridized carbons (Fsp3) is 0.188. The molecule has 0 bridgehead atoms. The highest BCUT2D eigenvalue weighted by Crippen LogP contribution is 2.32. The lowest BCUT2D eigenvalue weighted by atomic mass is 10.1. The fourth-order valence-electron chi connectivity index (χ4n) is 2.14. The first-order valence-electron chi connectivity index (χ1n) is 6.58. The van der Waals surface area contributed by atoms with Crippen molar-refractivity contribution in [1.29, 1.82) is 0 Å². The van der Waals surface area contributed by atoms with E-state index in [4.69, 9.17) is 9.47 Å². The number of amides is 1. The molecule has 1 aliphatic heterocycles. The van der Waals surface area contributed by atoms with Gasteiger partial charge in [0.15, 0.2) is 11.5 Å². The highest BCUT2D eigenvalue weighted by molar-refractivity contribution is 9.08. The number of halogens is 1. The van der Waals surface area contributed by atoms with E-state index in [0.717, 1.165) is 10.9 Å². The molecule has 3 rings (SSSR count). The molecule has 0 fully saturated rings. The second kappa shape index (κ2) is 6.18. The molecule has 0 aliphatic carbocycles. The Hall–Kier alpha value is -2.01. The molecule has 5 heteroatoms. The lowest BCUT2D eigenvalue weighted by molar-refractivity contribution is 0.0950. The van der Waals surface area contributed by atoms with Crippen molar-refractivity contribution in [3.63, 3.8) is 0 Å². The Kier molecular flexibility index (Phi) is 4.10. The van der Waals surface area contributed by atoms with E-state index in [0.29, 0.717) is 23.6 Å². The van der Waals surface area contributed by atoms with Gasteiger partial charge in [0.1, 0.15) is 0 Å². The highest BCUT2D eigenvalue weighted by atomic mass is 79.9. The number of benzene rings is 2. The van der Waals surface area contributed by atoms with Crippen LogP contribution in [0.3, 0.4) is 0 Å². The molecule has 4 nitrogen and oxygen atoms in total. The third-order valence-corrected chi connectivity index (χ3v) is 3.88. The van der Waals surface area contributed by atoms with Gasteiger partial charge in [0.25, 0.3) is 5.91 Å². The molecule has 2 aromatic rings. The smallest absolute Gasteiger partial charge is 0.251 e. The minimum absolute atomic E-state index is 0.127. The first kappa shape index (κ1) is 13.9. The molecule has 0 saturated carbocycles. The summed E-state index contributed by atoms with van der Waals surface area (Å²) in [6.07, 6.45) is 0. The van der Waals surface area contributed by atoms with Crippen LogP contribution in [-0.4, -0.2) is 12.7 Å². The maximum absolute atomic E-state index is 12.2. The summed E-state index contributed by atoms with van der Waals surface area (Å²) >= 11 is 3.42. The van der Waals surface area contributed by atoms with Crippen molar-refractivity contribution in [3.8, 4) is 11.5 Å². The van der Waals surface area contributed by atoms with Crippen molar-refractivity contribution in [2.75, 3.05) is 6.79 Å². The predicted molar refractivity (Wildman–Crippen MR) is 82.8 cm³/mol. The zero-order valence-electron chi connectivity index (χ0n) is 11.3. The molecule has 0 unspecified atom stereocenters. The van der Waals surface area contributed by atoms with Gasteiger partial charge in [-0.05, 0) is 29.3 Å². The topological polar surface area (TPSA) is 47.6 Å². The number of carbonyl (C=O) groups is 1. The number of ether oxygens (including phenoxy) is 2. The summed E-state index contributed by atoms with van der Waals surface area (Å²) in [6.45, 7) is 0.702. The van der Waals surface area contributed by atoms with Crippen LogP contribution in [0.25, 0.3) is 0 Å². The van der Waals surface area contributed by atoms with Gasteiger partial charge in [0.05, 0.1) is 0 Å². The minimum atomic E-state index is -0.127. The summed E-state index contributed by atoms with van der Waals surface area (Å²) in [5, 5.41) is 3.71. The number of fused-ring (bicyclic) bond motifs is 1. The molecule has 1 amide bonds. The maximum atomic E-state index is 12.2. The first-order valence-corrected chi connectivity index (χ1v) is 7.70. The second-order valence-corrected chi connectivity index (χ2v) is 5.27. The molecule has 0 saturated heterocycles. The SMILES string of the molecule is O=C(NCc1cccc(CBr)c1)c1ccc2c(c1)OCO2. The van der Waals surface area contributed by atoms with Crippen LogP contribution >= 0.6 is 15.9 Å². The zero-order chi connectivity index (χ0) is 14.7. The van der Waals surface area contributed by atoms with Gasteiger partial charge < -0.3 is 14.8 Å². The summed E-state index contributed by atoms with van der Waals surface area (Å²) in [7, 11) is 0. The van der Waals surface area contributed by atoms with Crippen LogP contribution in [0, 0.1) is 0 Å². The van der Waals surface area contributed by atoms with Gasteiger partial charge >= 0.3 is 0 Å². The van der Waals surface area contributed by atoms with Crippen molar-refractivity contribution >= 4 is 21.8 Å². The third kappa shape index (κ3) is 3.19. The summed E-state index contributed by atoms with van der Waals surface area (Å²) in [5.74, 6) is 1.16. The van der Waals surface area contributed by atoms with Crippen molar-refractivity contribution in [3.05, 3.63) is 59.2 Å². The van der Waals surface area contributed by atoms with Gasteiger partial charge in [0.2, 0.25) is 6.79 Å². The average molecular weight is 348 g/mol. The zero-order valence-corrected chi connectivity index (χ0v) is 12.9. The van der Waals surface area contributed by atoms with Crippen LogP contribution in [0.15, 0.2) is 42.5 Å². The molecule has 0 aromatic heterocycles. The number of carbonyl (C=O) groups excluding carboxylic acids is 1. The van der Waals surface area contributed by atoms with Gasteiger partial charge in [-0.2, -0.15) is 0 Å². The Bertz CT molecular complexity index is 672. The number of rotatable bonds is 4. The van der Waals surface area contributed by atoms with E-state index < -0.39 is 0 Å². The fourth-order valence-corrected chi connectivity index (χ4v) is 2.49. The Morgan fingerprint density at radius 1 is 1.10 bits per heavy atom. The van der Waals surface area contributed by atoms with Gasteiger partial charge in [-0.3, -0.25) is 4.79 Å². The Labute approximate surface area is 131 Å². The van der Waals surface area contributed by atoms with Crippen LogP contribution in [0.5, 0.6) is 11.5 Å². The van der Waals surface area contributed by atoms with E-state index in [2.05, 4.69) is 27.3 Å². The summed E-state index contributed by atoms with van der Waals surface area (Å²) < 4.78 is 10.5. The van der Waals surface area contributed by atoms with Gasteiger partial charge in [-0.15, -0.1) is 0 Å². The highest BCUT2D eigenvalue weighted by Gasteiger charge is 2.15. The predicted octanol–water partition coefficient (Wildman–Crippen LogP) is 3.24. The number of hydrogen-bond donors (Lipinski definition) is 1. The molecular weight excluding hydrogens is 334 g/mol. The molecular formula is C16H14BrNO3. The van der Waals surface area contributed by atoms with E-state index in [9.17, 15) is 4.79 Å². The van der Waals surface area contributed by atoms with Crippen LogP contribution in [0.2, 0.25) is 0 Å². The molecule has 0 radical (unpaired) electrons. The van der Waals surface area contributed by atoms with E-state index in [1.165, 1.54) is 5.56 Å². The normalized spacial score (nSPS) is 12.2. The minimum Gasteiger partial charge on any atom is -0.454 e. The first-order chi connectivity index (χ1) is 10.3. The van der Waals surface area contributed by atoms with Gasteiger partial charge in [-0.25, -0.2) is 0 Å². The van der Waals surface area contributed by atoms with Gasteiger partial charge in [-0.1, -0.05) is 40.2 Å². The van der Waals surface area contributed by atoms with E-state index >= 15 is 0 Å². The van der Waals surface area contributed by atoms with Crippen LogP contribution in [0.1, 0.15) is 21.5 Å². The third-order valence-electron chi connectivity index (χ3n) is 3.23. The lowest BCUT2D eigenvalue weighted by Crippen LogP contribution is -2.22. The number of nitrogens with one attached hydrogen (secondary N) is 1. The largest absolute Gasteiger partial charge is 0.454 e. The molecule has 21 heavy (non-hydrogen) atoms. The molecule has 1 N–H and O–H groups in total. The Balaban J connectivity index is 1.66. The van der Waals surface area contributed by atoms with Crippen LogP contribution in [-0.2, 0) is 11.9 Å². The van der Waals surface area contributed by atoms with Crippen molar-refractivity contribution in [1.82, 2.24) is 5.32 Å². The van der Waals surface area contributed by atoms with Crippen molar-refractivity contribution in [2.45, 2.75) is 11.9 Å². The number of hydrogen-bond acceptors (Lipinski definition) is 3. The molecule has 0 atom stereocenters.